The minimum absolute atomic E-state index is 0.201. The molecule has 92 valence electrons. The van der Waals surface area contributed by atoms with Crippen molar-refractivity contribution in [2.75, 3.05) is 6.61 Å². The number of carbonyl (C=O) groups is 2. The number of carboxylic acids is 1. The third-order valence-corrected chi connectivity index (χ3v) is 1.78. The van der Waals surface area contributed by atoms with Gasteiger partial charge in [0.05, 0.1) is 6.61 Å². The number of rotatable bonds is 4. The Morgan fingerprint density at radius 1 is 1.35 bits per heavy atom. The molecule has 0 aliphatic heterocycles. The molecule has 0 aromatic heterocycles. The van der Waals surface area contributed by atoms with Gasteiger partial charge >= 0.3 is 5.97 Å². The fraction of sp³-hybridized carbons (Fsp3) is 0.167. The fourth-order valence-corrected chi connectivity index (χ4v) is 0.931. The maximum Gasteiger partial charge on any atom is 0.370 e. The normalized spacial score (nSPS) is 8.59. The topological polar surface area (TPSA) is 63.6 Å². The standard InChI is InChI=1S/C7H5ClO.C5H8O3/c8-7(9)6-4-2-1-3-5-6;1-3-8-4(2)5(6)7/h1-5H;2-3H2,1H3,(H,6,7). The second-order valence-electron chi connectivity index (χ2n) is 2.80. The highest BCUT2D eigenvalue weighted by atomic mass is 35.5. The predicted octanol–water partition coefficient (Wildman–Crippen LogP) is 2.69. The molecule has 0 spiro atoms. The number of benzene rings is 1. The summed E-state index contributed by atoms with van der Waals surface area (Å²) < 4.78 is 4.51. The Morgan fingerprint density at radius 2 is 1.88 bits per heavy atom. The van der Waals surface area contributed by atoms with Crippen LogP contribution in [0.2, 0.25) is 0 Å². The highest BCUT2D eigenvalue weighted by molar-refractivity contribution is 6.67. The molecular weight excluding hydrogens is 244 g/mol. The average molecular weight is 257 g/mol. The summed E-state index contributed by atoms with van der Waals surface area (Å²) in [6, 6.07) is 8.74. The van der Waals surface area contributed by atoms with Crippen molar-refractivity contribution >= 4 is 22.8 Å². The summed E-state index contributed by atoms with van der Waals surface area (Å²) in [5.41, 5.74) is 0.541. The zero-order chi connectivity index (χ0) is 13.3. The quantitative estimate of drug-likeness (QED) is 0.511. The zero-order valence-corrected chi connectivity index (χ0v) is 10.1. The highest BCUT2D eigenvalue weighted by Gasteiger charge is 2.00. The van der Waals surface area contributed by atoms with E-state index in [4.69, 9.17) is 16.7 Å². The molecule has 0 amide bonds. The van der Waals surface area contributed by atoms with E-state index in [9.17, 15) is 9.59 Å². The Kier molecular flexibility index (Phi) is 7.46. The van der Waals surface area contributed by atoms with Crippen molar-refractivity contribution in [3.05, 3.63) is 48.2 Å². The van der Waals surface area contributed by atoms with Gasteiger partial charge in [-0.2, -0.15) is 0 Å². The van der Waals surface area contributed by atoms with Gasteiger partial charge in [-0.1, -0.05) is 30.3 Å². The lowest BCUT2D eigenvalue weighted by Gasteiger charge is -1.97. The Bertz CT molecular complexity index is 387. The van der Waals surface area contributed by atoms with Crippen LogP contribution < -0.4 is 0 Å². The van der Waals surface area contributed by atoms with E-state index < -0.39 is 11.2 Å². The number of aliphatic carboxylic acids is 1. The van der Waals surface area contributed by atoms with E-state index in [1.165, 1.54) is 0 Å². The first kappa shape index (κ1) is 15.2. The zero-order valence-electron chi connectivity index (χ0n) is 9.35. The van der Waals surface area contributed by atoms with Crippen molar-refractivity contribution in [3.8, 4) is 0 Å². The van der Waals surface area contributed by atoms with E-state index in [-0.39, 0.29) is 5.76 Å². The van der Waals surface area contributed by atoms with Gasteiger partial charge in [-0.25, -0.2) is 4.79 Å². The van der Waals surface area contributed by atoms with E-state index in [1.807, 2.05) is 6.07 Å². The molecule has 1 rings (SSSR count). The highest BCUT2D eigenvalue weighted by Crippen LogP contribution is 2.01. The Balaban J connectivity index is 0.000000304. The number of halogens is 1. The van der Waals surface area contributed by atoms with Crippen LogP contribution in [0.3, 0.4) is 0 Å². The molecule has 0 bridgehead atoms. The molecule has 0 saturated carbocycles. The average Bonchev–Trinajstić information content (AvgIpc) is 2.31. The molecule has 0 radical (unpaired) electrons. The van der Waals surface area contributed by atoms with Gasteiger partial charge in [0, 0.05) is 5.56 Å². The van der Waals surface area contributed by atoms with Gasteiger partial charge in [0.25, 0.3) is 5.24 Å². The lowest BCUT2D eigenvalue weighted by Crippen LogP contribution is -2.02. The lowest BCUT2D eigenvalue weighted by atomic mass is 10.2. The van der Waals surface area contributed by atoms with Crippen molar-refractivity contribution in [2.45, 2.75) is 6.92 Å². The molecule has 1 aromatic rings. The van der Waals surface area contributed by atoms with E-state index >= 15 is 0 Å². The molecule has 5 heteroatoms. The second-order valence-corrected chi connectivity index (χ2v) is 3.14. The van der Waals surface area contributed by atoms with Crippen LogP contribution >= 0.6 is 11.6 Å². The predicted molar refractivity (Wildman–Crippen MR) is 65.0 cm³/mol. The minimum atomic E-state index is -1.10. The first-order chi connectivity index (χ1) is 7.99. The first-order valence-electron chi connectivity index (χ1n) is 4.78. The maximum atomic E-state index is 10.4. The molecule has 0 heterocycles. The molecule has 0 saturated heterocycles. The molecule has 0 unspecified atom stereocenters. The molecule has 4 nitrogen and oxygen atoms in total. The third kappa shape index (κ3) is 7.14. The molecule has 1 aromatic carbocycles. The van der Waals surface area contributed by atoms with Crippen LogP contribution in [0.15, 0.2) is 42.7 Å². The number of ether oxygens (including phenoxy) is 1. The van der Waals surface area contributed by atoms with E-state index in [0.29, 0.717) is 12.2 Å². The lowest BCUT2D eigenvalue weighted by molar-refractivity contribution is -0.136. The van der Waals surface area contributed by atoms with E-state index in [0.717, 1.165) is 0 Å². The second kappa shape index (κ2) is 8.35. The fourth-order valence-electron chi connectivity index (χ4n) is 0.805. The van der Waals surface area contributed by atoms with Gasteiger partial charge in [-0.05, 0) is 25.1 Å². The Labute approximate surface area is 104 Å². The SMILES string of the molecule is C=C(OCC)C(=O)O.O=C(Cl)c1ccccc1. The van der Waals surface area contributed by atoms with Crippen LogP contribution in [0, 0.1) is 0 Å². The summed E-state index contributed by atoms with van der Waals surface area (Å²) in [4.78, 5) is 20.3. The molecule has 17 heavy (non-hydrogen) atoms. The number of hydrogen-bond acceptors (Lipinski definition) is 3. The summed E-state index contributed by atoms with van der Waals surface area (Å²) in [5.74, 6) is -1.31. The van der Waals surface area contributed by atoms with E-state index in [2.05, 4.69) is 11.3 Å². The molecule has 0 aliphatic rings. The minimum Gasteiger partial charge on any atom is -0.487 e. The molecule has 0 aliphatic carbocycles. The largest absolute Gasteiger partial charge is 0.487 e. The Morgan fingerprint density at radius 3 is 2.12 bits per heavy atom. The van der Waals surface area contributed by atoms with Crippen LogP contribution in [0.5, 0.6) is 0 Å². The van der Waals surface area contributed by atoms with Gasteiger partial charge < -0.3 is 9.84 Å². The van der Waals surface area contributed by atoms with Crippen molar-refractivity contribution in [3.63, 3.8) is 0 Å². The van der Waals surface area contributed by atoms with Gasteiger partial charge in [-0.15, -0.1) is 0 Å². The molecule has 0 atom stereocenters. The molecular formula is C12H13ClO4. The van der Waals surface area contributed by atoms with Crippen molar-refractivity contribution in [1.82, 2.24) is 0 Å². The maximum absolute atomic E-state index is 10.4. The number of hydrogen-bond donors (Lipinski definition) is 1. The van der Waals surface area contributed by atoms with Crippen LogP contribution in [0.1, 0.15) is 17.3 Å². The smallest absolute Gasteiger partial charge is 0.370 e. The van der Waals surface area contributed by atoms with E-state index in [1.54, 1.807) is 31.2 Å². The number of carboxylic acid groups (broad SMARTS) is 1. The van der Waals surface area contributed by atoms with Crippen molar-refractivity contribution in [1.29, 1.82) is 0 Å². The van der Waals surface area contributed by atoms with Crippen molar-refractivity contribution < 1.29 is 19.4 Å². The van der Waals surface area contributed by atoms with Crippen LogP contribution in [0.25, 0.3) is 0 Å². The monoisotopic (exact) mass is 256 g/mol. The third-order valence-electron chi connectivity index (χ3n) is 1.56. The van der Waals surface area contributed by atoms with Crippen LogP contribution in [-0.2, 0) is 9.53 Å². The van der Waals surface area contributed by atoms with Crippen LogP contribution in [-0.4, -0.2) is 22.9 Å². The van der Waals surface area contributed by atoms with Gasteiger partial charge in [-0.3, -0.25) is 4.79 Å². The molecule has 1 N–H and O–H groups in total. The molecule has 0 fully saturated rings. The summed E-state index contributed by atoms with van der Waals surface area (Å²) in [6.45, 7) is 5.18. The summed E-state index contributed by atoms with van der Waals surface area (Å²) in [7, 11) is 0. The number of carbonyl (C=O) groups excluding carboxylic acids is 1. The summed E-state index contributed by atoms with van der Waals surface area (Å²) in [5, 5.41) is 7.68. The summed E-state index contributed by atoms with van der Waals surface area (Å²) in [6.07, 6.45) is 0. The van der Waals surface area contributed by atoms with Crippen molar-refractivity contribution in [2.24, 2.45) is 0 Å². The first-order valence-corrected chi connectivity index (χ1v) is 5.16. The Hall–Kier alpha value is -1.81. The summed E-state index contributed by atoms with van der Waals surface area (Å²) >= 11 is 5.16. The van der Waals surface area contributed by atoms with Gasteiger partial charge in [0.2, 0.25) is 0 Å². The van der Waals surface area contributed by atoms with Crippen LogP contribution in [0.4, 0.5) is 0 Å². The van der Waals surface area contributed by atoms with Gasteiger partial charge in [0.15, 0.2) is 5.76 Å². The van der Waals surface area contributed by atoms with Gasteiger partial charge in [0.1, 0.15) is 0 Å².